The number of rotatable bonds is 2. The molecule has 0 unspecified atom stereocenters. The molecule has 0 N–H and O–H groups in total. The lowest BCUT2D eigenvalue weighted by Gasteiger charge is -2.31. The zero-order chi connectivity index (χ0) is 18.3. The SMILES string of the molecule is Cc1ccnc(/C=C/c2ccc3c(=O)n4c(nc3c2)CC(C)(C)CC4)c1. The number of hydrogen-bond acceptors (Lipinski definition) is 3. The molecule has 4 rings (SSSR count). The first-order valence-corrected chi connectivity index (χ1v) is 9.06. The molecule has 0 saturated heterocycles. The highest BCUT2D eigenvalue weighted by Gasteiger charge is 2.27. The Morgan fingerprint density at radius 3 is 2.81 bits per heavy atom. The molecule has 1 aliphatic heterocycles. The first-order chi connectivity index (χ1) is 12.4. The molecule has 3 heterocycles. The van der Waals surface area contributed by atoms with Crippen molar-refractivity contribution in [1.82, 2.24) is 14.5 Å². The Balaban J connectivity index is 1.74. The lowest BCUT2D eigenvalue weighted by Crippen LogP contribution is -2.35. The summed E-state index contributed by atoms with van der Waals surface area (Å²) in [5, 5.41) is 0.694. The number of nitrogens with zero attached hydrogens (tertiary/aromatic N) is 3. The van der Waals surface area contributed by atoms with Crippen LogP contribution >= 0.6 is 0 Å². The lowest BCUT2D eigenvalue weighted by atomic mass is 9.83. The Kier molecular flexibility index (Phi) is 3.98. The molecule has 132 valence electrons. The van der Waals surface area contributed by atoms with E-state index in [1.165, 1.54) is 5.56 Å². The number of aromatic nitrogens is 3. The molecule has 2 aromatic heterocycles. The minimum atomic E-state index is 0.0800. The van der Waals surface area contributed by atoms with Gasteiger partial charge in [0.05, 0.1) is 16.6 Å². The molecule has 0 radical (unpaired) electrons. The highest BCUT2D eigenvalue weighted by atomic mass is 16.1. The summed E-state index contributed by atoms with van der Waals surface area (Å²) in [5.41, 5.74) is 4.18. The Bertz CT molecular complexity index is 1080. The van der Waals surface area contributed by atoms with Crippen LogP contribution in [-0.2, 0) is 13.0 Å². The topological polar surface area (TPSA) is 47.8 Å². The molecule has 0 atom stereocenters. The average molecular weight is 345 g/mol. The van der Waals surface area contributed by atoms with Crippen LogP contribution in [0.1, 0.15) is 42.9 Å². The Labute approximate surface area is 153 Å². The smallest absolute Gasteiger partial charge is 0.261 e. The van der Waals surface area contributed by atoms with Crippen LogP contribution in [-0.4, -0.2) is 14.5 Å². The Morgan fingerprint density at radius 2 is 2.00 bits per heavy atom. The van der Waals surface area contributed by atoms with E-state index in [1.807, 2.05) is 53.2 Å². The van der Waals surface area contributed by atoms with Crippen LogP contribution in [0.25, 0.3) is 23.1 Å². The van der Waals surface area contributed by atoms with E-state index in [0.29, 0.717) is 5.39 Å². The van der Waals surface area contributed by atoms with E-state index in [1.54, 1.807) is 0 Å². The van der Waals surface area contributed by atoms with Crippen LogP contribution in [0.2, 0.25) is 0 Å². The van der Waals surface area contributed by atoms with Gasteiger partial charge >= 0.3 is 0 Å². The maximum absolute atomic E-state index is 12.8. The van der Waals surface area contributed by atoms with Gasteiger partial charge in [-0.3, -0.25) is 14.3 Å². The van der Waals surface area contributed by atoms with Crippen LogP contribution in [0.4, 0.5) is 0 Å². The van der Waals surface area contributed by atoms with Crippen molar-refractivity contribution in [2.75, 3.05) is 0 Å². The lowest BCUT2D eigenvalue weighted by molar-refractivity contribution is 0.261. The molecule has 0 saturated carbocycles. The van der Waals surface area contributed by atoms with Gasteiger partial charge in [-0.15, -0.1) is 0 Å². The molecular weight excluding hydrogens is 322 g/mol. The molecule has 3 aromatic rings. The minimum Gasteiger partial charge on any atom is -0.296 e. The van der Waals surface area contributed by atoms with Crippen molar-refractivity contribution in [3.8, 4) is 0 Å². The predicted octanol–water partition coefficient (Wildman–Crippen LogP) is 4.24. The summed E-state index contributed by atoms with van der Waals surface area (Å²) >= 11 is 0. The molecular formula is C22H23N3O. The van der Waals surface area contributed by atoms with E-state index in [4.69, 9.17) is 4.98 Å². The van der Waals surface area contributed by atoms with Gasteiger partial charge < -0.3 is 0 Å². The summed E-state index contributed by atoms with van der Waals surface area (Å²) in [7, 11) is 0. The predicted molar refractivity (Wildman–Crippen MR) is 106 cm³/mol. The first kappa shape index (κ1) is 16.7. The van der Waals surface area contributed by atoms with Crippen molar-refractivity contribution in [3.05, 3.63) is 69.5 Å². The minimum absolute atomic E-state index is 0.0800. The number of fused-ring (bicyclic) bond motifs is 2. The van der Waals surface area contributed by atoms with Crippen LogP contribution in [0.15, 0.2) is 41.3 Å². The molecule has 4 heteroatoms. The van der Waals surface area contributed by atoms with Crippen LogP contribution in [0.3, 0.4) is 0 Å². The van der Waals surface area contributed by atoms with Crippen molar-refractivity contribution >= 4 is 23.1 Å². The van der Waals surface area contributed by atoms with E-state index < -0.39 is 0 Å². The van der Waals surface area contributed by atoms with Gasteiger partial charge in [-0.25, -0.2) is 4.98 Å². The Morgan fingerprint density at radius 1 is 1.15 bits per heavy atom. The highest BCUT2D eigenvalue weighted by Crippen LogP contribution is 2.30. The number of aryl methyl sites for hydroxylation is 1. The van der Waals surface area contributed by atoms with Gasteiger partial charge in [0.25, 0.3) is 5.56 Å². The van der Waals surface area contributed by atoms with Crippen molar-refractivity contribution in [2.24, 2.45) is 5.41 Å². The monoisotopic (exact) mass is 345 g/mol. The fraction of sp³-hybridized carbons (Fsp3) is 0.318. The van der Waals surface area contributed by atoms with Crippen LogP contribution < -0.4 is 5.56 Å². The van der Waals surface area contributed by atoms with E-state index in [0.717, 1.165) is 42.0 Å². The second kappa shape index (κ2) is 6.20. The van der Waals surface area contributed by atoms with E-state index >= 15 is 0 Å². The fourth-order valence-corrected chi connectivity index (χ4v) is 3.52. The normalized spacial score (nSPS) is 16.1. The largest absolute Gasteiger partial charge is 0.296 e. The third-order valence-corrected chi connectivity index (χ3v) is 5.09. The molecule has 26 heavy (non-hydrogen) atoms. The second-order valence-electron chi connectivity index (χ2n) is 7.94. The van der Waals surface area contributed by atoms with Crippen LogP contribution in [0, 0.1) is 12.3 Å². The van der Waals surface area contributed by atoms with Crippen LogP contribution in [0.5, 0.6) is 0 Å². The molecule has 0 amide bonds. The first-order valence-electron chi connectivity index (χ1n) is 9.06. The van der Waals surface area contributed by atoms with Gasteiger partial charge in [0.15, 0.2) is 0 Å². The van der Waals surface area contributed by atoms with Gasteiger partial charge in [-0.2, -0.15) is 0 Å². The summed E-state index contributed by atoms with van der Waals surface area (Å²) in [6.45, 7) is 7.28. The number of pyridine rings is 1. The molecule has 1 aromatic carbocycles. The zero-order valence-electron chi connectivity index (χ0n) is 15.5. The van der Waals surface area contributed by atoms with Gasteiger partial charge in [0, 0.05) is 19.2 Å². The van der Waals surface area contributed by atoms with Crippen molar-refractivity contribution in [3.63, 3.8) is 0 Å². The summed E-state index contributed by atoms with van der Waals surface area (Å²) in [5.74, 6) is 0.903. The molecule has 0 spiro atoms. The van der Waals surface area contributed by atoms with Gasteiger partial charge in [0.2, 0.25) is 0 Å². The van der Waals surface area contributed by atoms with Gasteiger partial charge in [0.1, 0.15) is 5.82 Å². The number of benzene rings is 1. The van der Waals surface area contributed by atoms with Crippen molar-refractivity contribution < 1.29 is 0 Å². The summed E-state index contributed by atoms with van der Waals surface area (Å²) in [4.78, 5) is 22.0. The Hall–Kier alpha value is -2.75. The molecule has 1 aliphatic rings. The second-order valence-corrected chi connectivity index (χ2v) is 7.94. The average Bonchev–Trinajstić information content (AvgIpc) is 2.59. The van der Waals surface area contributed by atoms with Gasteiger partial charge in [-0.1, -0.05) is 26.0 Å². The standard InChI is InChI=1S/C22H23N3O/c1-15-8-10-23-17(12-15)6-4-16-5-7-18-19(13-16)24-20-14-22(2,3)9-11-25(20)21(18)26/h4-8,10,12-13H,9,11,14H2,1-3H3/b6-4+. The fourth-order valence-electron chi connectivity index (χ4n) is 3.52. The summed E-state index contributed by atoms with van der Waals surface area (Å²) in [6, 6.07) is 9.87. The third-order valence-electron chi connectivity index (χ3n) is 5.09. The zero-order valence-corrected chi connectivity index (χ0v) is 15.5. The molecule has 4 nitrogen and oxygen atoms in total. The van der Waals surface area contributed by atoms with Crippen molar-refractivity contribution in [1.29, 1.82) is 0 Å². The van der Waals surface area contributed by atoms with Crippen molar-refractivity contribution in [2.45, 2.75) is 40.2 Å². The molecule has 0 fully saturated rings. The van der Waals surface area contributed by atoms with E-state index in [-0.39, 0.29) is 11.0 Å². The molecule has 0 aliphatic carbocycles. The quantitative estimate of drug-likeness (QED) is 0.698. The highest BCUT2D eigenvalue weighted by molar-refractivity contribution is 5.82. The summed E-state index contributed by atoms with van der Waals surface area (Å²) < 4.78 is 1.85. The maximum atomic E-state index is 12.8. The summed E-state index contributed by atoms with van der Waals surface area (Å²) in [6.07, 6.45) is 7.67. The maximum Gasteiger partial charge on any atom is 0.261 e. The number of hydrogen-bond donors (Lipinski definition) is 0. The molecule has 0 bridgehead atoms. The van der Waals surface area contributed by atoms with Gasteiger partial charge in [-0.05, 0) is 60.2 Å². The van der Waals surface area contributed by atoms with E-state index in [9.17, 15) is 4.79 Å². The third kappa shape index (κ3) is 3.19. The van der Waals surface area contributed by atoms with E-state index in [2.05, 4.69) is 25.8 Å².